The number of ether oxygens (including phenoxy) is 2. The van der Waals surface area contributed by atoms with Crippen LogP contribution in [-0.4, -0.2) is 49.9 Å². The molecule has 0 spiro atoms. The molecule has 1 aliphatic heterocycles. The first-order chi connectivity index (χ1) is 17.3. The van der Waals surface area contributed by atoms with Gasteiger partial charge in [0.05, 0.1) is 12.3 Å². The highest BCUT2D eigenvalue weighted by molar-refractivity contribution is 6.43. The molecule has 0 radical (unpaired) electrons. The minimum atomic E-state index is -0.404. The van der Waals surface area contributed by atoms with Gasteiger partial charge in [-0.3, -0.25) is 14.4 Å². The fourth-order valence-electron chi connectivity index (χ4n) is 3.93. The average Bonchev–Trinajstić information content (AvgIpc) is 2.86. The molecule has 0 unspecified atom stereocenters. The van der Waals surface area contributed by atoms with Gasteiger partial charge in [-0.05, 0) is 66.9 Å². The number of hydrogen-bond acceptors (Lipinski definition) is 5. The number of amides is 3. The number of likely N-dealkylation sites (N-methyl/N-ethyl adjacent to an activating group) is 1. The Morgan fingerprint density at radius 3 is 2.33 bits per heavy atom. The molecule has 0 aromatic heterocycles. The fraction of sp³-hybridized carbons (Fsp3) is 0.207. The van der Waals surface area contributed by atoms with Gasteiger partial charge >= 0.3 is 0 Å². The Labute approximate surface area is 210 Å². The maximum atomic E-state index is 13.7. The van der Waals surface area contributed by atoms with Gasteiger partial charge in [-0.2, -0.15) is 0 Å². The molecule has 3 aromatic carbocycles. The van der Waals surface area contributed by atoms with E-state index in [2.05, 4.69) is 0 Å². The van der Waals surface area contributed by atoms with Crippen molar-refractivity contribution in [2.45, 2.75) is 13.8 Å². The standard InChI is InChI=1S/C29H28N2O5/c1-5-35-26-17-20(13-14-25(26)36-18-27(32)30(3)4)16-24-22-11-6-7-12-23(22)28(33)31(29(24)34)21-10-8-9-19(2)15-21/h6-17H,5,18H2,1-4H3/b24-16-. The van der Waals surface area contributed by atoms with E-state index < -0.39 is 5.91 Å². The Hall–Kier alpha value is -4.39. The number of imide groups is 1. The van der Waals surface area contributed by atoms with Crippen molar-refractivity contribution in [3.63, 3.8) is 0 Å². The summed E-state index contributed by atoms with van der Waals surface area (Å²) < 4.78 is 11.4. The number of rotatable bonds is 7. The maximum absolute atomic E-state index is 13.7. The zero-order chi connectivity index (χ0) is 25.8. The molecule has 184 valence electrons. The highest BCUT2D eigenvalue weighted by Crippen LogP contribution is 2.35. The van der Waals surface area contributed by atoms with Crippen LogP contribution in [0.1, 0.15) is 34.0 Å². The van der Waals surface area contributed by atoms with E-state index in [9.17, 15) is 14.4 Å². The summed E-state index contributed by atoms with van der Waals surface area (Å²) in [4.78, 5) is 41.6. The lowest BCUT2D eigenvalue weighted by molar-refractivity contribution is -0.130. The second-order valence-corrected chi connectivity index (χ2v) is 8.60. The molecule has 7 heteroatoms. The topological polar surface area (TPSA) is 76.1 Å². The molecule has 4 rings (SSSR count). The number of hydrogen-bond donors (Lipinski definition) is 0. The fourth-order valence-corrected chi connectivity index (χ4v) is 3.93. The van der Waals surface area contributed by atoms with Gasteiger partial charge in [0, 0.05) is 25.2 Å². The molecule has 0 bridgehead atoms. The van der Waals surface area contributed by atoms with Gasteiger partial charge in [0.15, 0.2) is 18.1 Å². The predicted molar refractivity (Wildman–Crippen MR) is 139 cm³/mol. The van der Waals surface area contributed by atoms with Gasteiger partial charge in [0.1, 0.15) is 0 Å². The van der Waals surface area contributed by atoms with Gasteiger partial charge in [0.25, 0.3) is 17.7 Å². The summed E-state index contributed by atoms with van der Waals surface area (Å²) in [5.41, 5.74) is 3.59. The van der Waals surface area contributed by atoms with E-state index in [1.165, 1.54) is 9.80 Å². The highest BCUT2D eigenvalue weighted by Gasteiger charge is 2.35. The third-order valence-corrected chi connectivity index (χ3v) is 5.77. The Balaban J connectivity index is 1.76. The van der Waals surface area contributed by atoms with Crippen molar-refractivity contribution in [3.05, 3.63) is 89.0 Å². The van der Waals surface area contributed by atoms with Crippen LogP contribution in [0, 0.1) is 6.92 Å². The summed E-state index contributed by atoms with van der Waals surface area (Å²) in [5.74, 6) is -0.0431. The van der Waals surface area contributed by atoms with E-state index in [4.69, 9.17) is 9.47 Å². The number of benzene rings is 3. The van der Waals surface area contributed by atoms with Crippen LogP contribution in [0.25, 0.3) is 11.6 Å². The zero-order valence-electron chi connectivity index (χ0n) is 20.8. The number of carbonyl (C=O) groups is 3. The molecule has 1 heterocycles. The van der Waals surface area contributed by atoms with Crippen LogP contribution >= 0.6 is 0 Å². The summed E-state index contributed by atoms with van der Waals surface area (Å²) in [5, 5.41) is 0. The van der Waals surface area contributed by atoms with Gasteiger partial charge in [0.2, 0.25) is 0 Å². The summed E-state index contributed by atoms with van der Waals surface area (Å²) in [6, 6.07) is 19.7. The second-order valence-electron chi connectivity index (χ2n) is 8.60. The molecule has 0 atom stereocenters. The Morgan fingerprint density at radius 1 is 0.889 bits per heavy atom. The molecule has 3 amide bonds. The number of nitrogens with zero attached hydrogens (tertiary/aromatic N) is 2. The highest BCUT2D eigenvalue weighted by atomic mass is 16.5. The molecule has 3 aromatic rings. The van der Waals surface area contributed by atoms with Crippen molar-refractivity contribution in [3.8, 4) is 11.5 Å². The molecule has 0 aliphatic carbocycles. The van der Waals surface area contributed by atoms with E-state index in [1.807, 2.05) is 32.0 Å². The first-order valence-corrected chi connectivity index (χ1v) is 11.7. The van der Waals surface area contributed by atoms with Gasteiger partial charge in [-0.1, -0.05) is 36.4 Å². The number of anilines is 1. The summed E-state index contributed by atoms with van der Waals surface area (Å²) in [6.07, 6.45) is 1.74. The zero-order valence-corrected chi connectivity index (χ0v) is 20.8. The number of carbonyl (C=O) groups excluding carboxylic acids is 3. The molecule has 0 N–H and O–H groups in total. The molecular weight excluding hydrogens is 456 g/mol. The normalized spacial score (nSPS) is 14.0. The molecule has 0 saturated heterocycles. The molecular formula is C29H28N2O5. The monoisotopic (exact) mass is 484 g/mol. The van der Waals surface area contributed by atoms with Crippen LogP contribution in [0.2, 0.25) is 0 Å². The summed E-state index contributed by atoms with van der Waals surface area (Å²) in [6.45, 7) is 4.05. The molecule has 7 nitrogen and oxygen atoms in total. The van der Waals surface area contributed by atoms with Crippen LogP contribution in [0.15, 0.2) is 66.7 Å². The average molecular weight is 485 g/mol. The van der Waals surface area contributed by atoms with Crippen molar-refractivity contribution in [1.29, 1.82) is 0 Å². The van der Waals surface area contributed by atoms with Crippen molar-refractivity contribution >= 4 is 35.1 Å². The van der Waals surface area contributed by atoms with E-state index in [0.717, 1.165) is 5.56 Å². The smallest absolute Gasteiger partial charge is 0.265 e. The summed E-state index contributed by atoms with van der Waals surface area (Å²) in [7, 11) is 3.32. The van der Waals surface area contributed by atoms with E-state index in [0.29, 0.717) is 46.1 Å². The Morgan fingerprint density at radius 2 is 1.64 bits per heavy atom. The van der Waals surface area contributed by atoms with Crippen LogP contribution in [0.3, 0.4) is 0 Å². The number of aryl methyl sites for hydroxylation is 1. The molecule has 36 heavy (non-hydrogen) atoms. The van der Waals surface area contributed by atoms with Crippen LogP contribution < -0.4 is 14.4 Å². The minimum absolute atomic E-state index is 0.118. The molecule has 0 fully saturated rings. The lowest BCUT2D eigenvalue weighted by Crippen LogP contribution is -2.41. The van der Waals surface area contributed by atoms with Crippen molar-refractivity contribution in [2.75, 3.05) is 32.2 Å². The molecule has 1 aliphatic rings. The third-order valence-electron chi connectivity index (χ3n) is 5.77. The van der Waals surface area contributed by atoms with Crippen LogP contribution in [-0.2, 0) is 9.59 Å². The van der Waals surface area contributed by atoms with Crippen LogP contribution in [0.4, 0.5) is 5.69 Å². The van der Waals surface area contributed by atoms with E-state index >= 15 is 0 Å². The minimum Gasteiger partial charge on any atom is -0.490 e. The Bertz CT molecular complexity index is 1360. The summed E-state index contributed by atoms with van der Waals surface area (Å²) >= 11 is 0. The maximum Gasteiger partial charge on any atom is 0.265 e. The lowest BCUT2D eigenvalue weighted by Gasteiger charge is -2.29. The lowest BCUT2D eigenvalue weighted by atomic mass is 9.91. The quantitative estimate of drug-likeness (QED) is 0.362. The van der Waals surface area contributed by atoms with Gasteiger partial charge in [-0.25, -0.2) is 4.90 Å². The molecule has 0 saturated carbocycles. The van der Waals surface area contributed by atoms with Crippen molar-refractivity contribution < 1.29 is 23.9 Å². The third kappa shape index (κ3) is 5.00. The first kappa shape index (κ1) is 24.7. The number of fused-ring (bicyclic) bond motifs is 1. The largest absolute Gasteiger partial charge is 0.490 e. The first-order valence-electron chi connectivity index (χ1n) is 11.7. The SMILES string of the molecule is CCOc1cc(/C=C2\C(=O)N(c3cccc(C)c3)C(=O)c3ccccc32)ccc1OCC(=O)N(C)C. The van der Waals surface area contributed by atoms with Crippen LogP contribution in [0.5, 0.6) is 11.5 Å². The van der Waals surface area contributed by atoms with E-state index in [1.54, 1.807) is 68.7 Å². The van der Waals surface area contributed by atoms with Gasteiger partial charge in [-0.15, -0.1) is 0 Å². The second kappa shape index (κ2) is 10.5. The Kier molecular flexibility index (Phi) is 7.20. The van der Waals surface area contributed by atoms with Crippen molar-refractivity contribution in [2.24, 2.45) is 0 Å². The van der Waals surface area contributed by atoms with Crippen molar-refractivity contribution in [1.82, 2.24) is 4.90 Å². The van der Waals surface area contributed by atoms with E-state index in [-0.39, 0.29) is 18.4 Å². The van der Waals surface area contributed by atoms with Gasteiger partial charge < -0.3 is 14.4 Å². The predicted octanol–water partition coefficient (Wildman–Crippen LogP) is 4.59.